The van der Waals surface area contributed by atoms with Crippen LogP contribution in [0.4, 0.5) is 10.5 Å². The smallest absolute Gasteiger partial charge is 0.413 e. The minimum Gasteiger partial charge on any atom is -0.428 e. The largest absolute Gasteiger partial charge is 0.428 e. The standard InChI is InChI=1S/C34H24N2O3S/c37-32(35-21-22-11-4-1-5-12-22)27-18-10-17-25-26-19-20-28-29(31(26)40-30(25)27)36-33(38)39-34(28,23-13-6-2-7-14-23)24-15-8-3-9-16-24/h1-20H,21H2,(H,35,37)(H,36,38). The molecule has 0 aliphatic carbocycles. The van der Waals surface area contributed by atoms with E-state index in [0.717, 1.165) is 42.4 Å². The Morgan fingerprint density at radius 3 is 2.02 bits per heavy atom. The number of hydrogen-bond acceptors (Lipinski definition) is 4. The first-order chi connectivity index (χ1) is 19.6. The molecule has 1 aromatic heterocycles. The Morgan fingerprint density at radius 2 is 1.35 bits per heavy atom. The number of ether oxygens (including phenoxy) is 1. The molecule has 0 fully saturated rings. The predicted molar refractivity (Wildman–Crippen MR) is 160 cm³/mol. The molecular formula is C34H24N2O3S. The molecule has 0 bridgehead atoms. The van der Waals surface area contributed by atoms with Crippen molar-refractivity contribution in [3.8, 4) is 0 Å². The van der Waals surface area contributed by atoms with Crippen molar-refractivity contribution < 1.29 is 14.3 Å². The summed E-state index contributed by atoms with van der Waals surface area (Å²) < 4.78 is 8.01. The molecule has 6 heteroatoms. The summed E-state index contributed by atoms with van der Waals surface area (Å²) in [7, 11) is 0. The van der Waals surface area contributed by atoms with Crippen LogP contribution in [0, 0.1) is 0 Å². The lowest BCUT2D eigenvalue weighted by atomic mass is 9.78. The normalized spacial score (nSPS) is 13.8. The minimum absolute atomic E-state index is 0.134. The molecule has 2 amide bonds. The van der Waals surface area contributed by atoms with Crippen molar-refractivity contribution in [2.24, 2.45) is 0 Å². The molecule has 0 saturated heterocycles. The van der Waals surface area contributed by atoms with Crippen LogP contribution in [-0.4, -0.2) is 12.0 Å². The van der Waals surface area contributed by atoms with Gasteiger partial charge < -0.3 is 10.1 Å². The van der Waals surface area contributed by atoms with Gasteiger partial charge in [0, 0.05) is 38.7 Å². The molecular weight excluding hydrogens is 516 g/mol. The maximum Gasteiger partial charge on any atom is 0.413 e. The highest BCUT2D eigenvalue weighted by molar-refractivity contribution is 7.26. The molecule has 5 aromatic carbocycles. The van der Waals surface area contributed by atoms with Crippen LogP contribution in [0.5, 0.6) is 0 Å². The fraction of sp³-hybridized carbons (Fsp3) is 0.0588. The van der Waals surface area contributed by atoms with Crippen molar-refractivity contribution in [1.29, 1.82) is 0 Å². The molecule has 0 unspecified atom stereocenters. The molecule has 5 nitrogen and oxygen atoms in total. The Kier molecular flexibility index (Phi) is 5.83. The molecule has 0 saturated carbocycles. The van der Waals surface area contributed by atoms with E-state index in [1.54, 1.807) is 0 Å². The number of thiophene rings is 1. The average molecular weight is 541 g/mol. The van der Waals surface area contributed by atoms with Gasteiger partial charge in [0.25, 0.3) is 5.91 Å². The van der Waals surface area contributed by atoms with E-state index in [9.17, 15) is 9.59 Å². The average Bonchev–Trinajstić information content (AvgIpc) is 3.40. The van der Waals surface area contributed by atoms with Gasteiger partial charge in [0.2, 0.25) is 0 Å². The van der Waals surface area contributed by atoms with E-state index in [1.165, 1.54) is 11.3 Å². The van der Waals surface area contributed by atoms with Crippen LogP contribution in [0.2, 0.25) is 0 Å². The van der Waals surface area contributed by atoms with Crippen LogP contribution in [0.1, 0.15) is 32.6 Å². The van der Waals surface area contributed by atoms with Crippen molar-refractivity contribution in [1.82, 2.24) is 5.32 Å². The Morgan fingerprint density at radius 1 is 0.725 bits per heavy atom. The van der Waals surface area contributed by atoms with Gasteiger partial charge in [-0.15, -0.1) is 11.3 Å². The summed E-state index contributed by atoms with van der Waals surface area (Å²) in [6.07, 6.45) is -0.522. The molecule has 2 heterocycles. The van der Waals surface area contributed by atoms with Gasteiger partial charge in [0.05, 0.1) is 16.0 Å². The molecule has 194 valence electrons. The molecule has 1 aliphatic rings. The number of benzene rings is 5. The van der Waals surface area contributed by atoms with E-state index < -0.39 is 11.7 Å². The van der Waals surface area contributed by atoms with E-state index in [0.29, 0.717) is 17.8 Å². The van der Waals surface area contributed by atoms with E-state index in [-0.39, 0.29) is 5.91 Å². The van der Waals surface area contributed by atoms with Crippen molar-refractivity contribution in [3.05, 3.63) is 149 Å². The lowest BCUT2D eigenvalue weighted by molar-refractivity contribution is 0.0741. The van der Waals surface area contributed by atoms with Gasteiger partial charge in [-0.3, -0.25) is 10.1 Å². The monoisotopic (exact) mass is 540 g/mol. The Balaban J connectivity index is 1.41. The molecule has 0 radical (unpaired) electrons. The van der Waals surface area contributed by atoms with Gasteiger partial charge in [-0.25, -0.2) is 4.79 Å². The van der Waals surface area contributed by atoms with Gasteiger partial charge in [0.1, 0.15) is 0 Å². The summed E-state index contributed by atoms with van der Waals surface area (Å²) in [6.45, 7) is 0.445. The van der Waals surface area contributed by atoms with Gasteiger partial charge >= 0.3 is 6.09 Å². The van der Waals surface area contributed by atoms with Crippen LogP contribution >= 0.6 is 11.3 Å². The summed E-state index contributed by atoms with van der Waals surface area (Å²) in [5.74, 6) is -0.134. The fourth-order valence-electron chi connectivity index (χ4n) is 5.59. The van der Waals surface area contributed by atoms with Crippen molar-refractivity contribution in [2.75, 3.05) is 5.32 Å². The minimum atomic E-state index is -1.12. The Bertz CT molecular complexity index is 1840. The number of carbonyl (C=O) groups is 2. The molecule has 7 rings (SSSR count). The predicted octanol–water partition coefficient (Wildman–Crippen LogP) is 7.84. The summed E-state index contributed by atoms with van der Waals surface area (Å²) in [5.41, 5.74) is 3.79. The van der Waals surface area contributed by atoms with Crippen LogP contribution in [-0.2, 0) is 16.9 Å². The quantitative estimate of drug-likeness (QED) is 0.234. The third kappa shape index (κ3) is 3.84. The van der Waals surface area contributed by atoms with Gasteiger partial charge in [-0.05, 0) is 11.6 Å². The maximum atomic E-state index is 13.3. The van der Waals surface area contributed by atoms with Gasteiger partial charge in [0.15, 0.2) is 5.60 Å². The molecule has 2 N–H and O–H groups in total. The summed E-state index contributed by atoms with van der Waals surface area (Å²) in [5, 5.41) is 8.01. The Labute approximate surface area is 235 Å². The van der Waals surface area contributed by atoms with Crippen molar-refractivity contribution in [2.45, 2.75) is 12.1 Å². The lowest BCUT2D eigenvalue weighted by Gasteiger charge is -2.39. The van der Waals surface area contributed by atoms with Crippen LogP contribution in [0.15, 0.2) is 121 Å². The topological polar surface area (TPSA) is 67.4 Å². The second kappa shape index (κ2) is 9.67. The fourth-order valence-corrected chi connectivity index (χ4v) is 6.91. The highest BCUT2D eigenvalue weighted by Gasteiger charge is 2.46. The molecule has 0 atom stereocenters. The SMILES string of the molecule is O=C1Nc2c(ccc3c2sc2c(C(=O)NCc4ccccc4)cccc23)C(c2ccccc2)(c2ccccc2)O1. The first-order valence-corrected chi connectivity index (χ1v) is 13.9. The second-order valence-electron chi connectivity index (χ2n) is 9.75. The van der Waals surface area contributed by atoms with Crippen molar-refractivity contribution >= 4 is 49.2 Å². The second-order valence-corrected chi connectivity index (χ2v) is 10.8. The molecule has 1 aliphatic heterocycles. The highest BCUT2D eigenvalue weighted by Crippen LogP contribution is 2.51. The number of amides is 2. The van der Waals surface area contributed by atoms with Crippen LogP contribution < -0.4 is 10.6 Å². The van der Waals surface area contributed by atoms with Gasteiger partial charge in [-0.2, -0.15) is 0 Å². The summed E-state index contributed by atoms with van der Waals surface area (Å²) in [4.78, 5) is 26.6. The lowest BCUT2D eigenvalue weighted by Crippen LogP contribution is -2.41. The first kappa shape index (κ1) is 24.1. The van der Waals surface area contributed by atoms with Crippen LogP contribution in [0.25, 0.3) is 20.2 Å². The number of nitrogens with one attached hydrogen (secondary N) is 2. The van der Waals surface area contributed by atoms with E-state index in [2.05, 4.69) is 16.7 Å². The number of carbonyl (C=O) groups excluding carboxylic acids is 2. The Hall–Kier alpha value is -4.94. The summed E-state index contributed by atoms with van der Waals surface area (Å²) >= 11 is 1.51. The number of cyclic esters (lactones) is 1. The first-order valence-electron chi connectivity index (χ1n) is 13.1. The number of hydrogen-bond donors (Lipinski definition) is 2. The van der Waals surface area contributed by atoms with E-state index in [4.69, 9.17) is 4.74 Å². The zero-order valence-corrected chi connectivity index (χ0v) is 22.2. The molecule has 0 spiro atoms. The number of rotatable bonds is 5. The van der Waals surface area contributed by atoms with E-state index >= 15 is 0 Å². The zero-order chi connectivity index (χ0) is 27.1. The van der Waals surface area contributed by atoms with E-state index in [1.807, 2.05) is 115 Å². The van der Waals surface area contributed by atoms with Gasteiger partial charge in [-0.1, -0.05) is 115 Å². The number of anilines is 1. The third-order valence-corrected chi connectivity index (χ3v) is 8.69. The maximum absolute atomic E-state index is 13.3. The molecule has 40 heavy (non-hydrogen) atoms. The van der Waals surface area contributed by atoms with Crippen LogP contribution in [0.3, 0.4) is 0 Å². The third-order valence-electron chi connectivity index (χ3n) is 7.42. The molecule has 6 aromatic rings. The summed E-state index contributed by atoms with van der Waals surface area (Å²) in [6, 6.07) is 39.4. The number of fused-ring (bicyclic) bond motifs is 5. The zero-order valence-electron chi connectivity index (χ0n) is 21.4. The van der Waals surface area contributed by atoms with Crippen molar-refractivity contribution in [3.63, 3.8) is 0 Å². The highest BCUT2D eigenvalue weighted by atomic mass is 32.1.